The number of hydrogen-bond donors (Lipinski definition) is 0. The topological polar surface area (TPSA) is 6.48 Å². The standard InChI is InChI=1S/C9H21IN2/c1-6-8(3)11(5)12(10)9(4)7-2/h8-9H,6-7H2,1-5H3. The SMILES string of the molecule is CCC(C)N(C)N(I)C(C)CC. The Morgan fingerprint density at radius 1 is 1.08 bits per heavy atom. The van der Waals surface area contributed by atoms with Crippen molar-refractivity contribution in [1.82, 2.24) is 8.23 Å². The summed E-state index contributed by atoms with van der Waals surface area (Å²) in [5, 5.41) is 2.31. The Kier molecular flexibility index (Phi) is 6.49. The number of hydrazine groups is 1. The van der Waals surface area contributed by atoms with Crippen molar-refractivity contribution in [1.29, 1.82) is 0 Å². The average molecular weight is 284 g/mol. The lowest BCUT2D eigenvalue weighted by Gasteiger charge is -2.34. The monoisotopic (exact) mass is 284 g/mol. The molecule has 0 heterocycles. The second kappa shape index (κ2) is 6.16. The van der Waals surface area contributed by atoms with Crippen LogP contribution in [-0.4, -0.2) is 27.4 Å². The maximum absolute atomic E-state index is 2.39. The molecule has 0 rings (SSSR count). The number of nitrogens with zero attached hydrogens (tertiary/aromatic N) is 2. The largest absolute Gasteiger partial charge is 0.233 e. The zero-order chi connectivity index (χ0) is 9.72. The second-order valence-electron chi connectivity index (χ2n) is 3.38. The highest BCUT2D eigenvalue weighted by molar-refractivity contribution is 14.1. The summed E-state index contributed by atoms with van der Waals surface area (Å²) < 4.78 is 2.30. The molecule has 0 aliphatic carbocycles. The minimum Gasteiger partial charge on any atom is -0.233 e. The Bertz CT molecular complexity index is 105. The summed E-state index contributed by atoms with van der Waals surface area (Å²) in [5.41, 5.74) is 0. The third kappa shape index (κ3) is 3.58. The van der Waals surface area contributed by atoms with E-state index in [1.165, 1.54) is 12.8 Å². The van der Waals surface area contributed by atoms with Crippen molar-refractivity contribution >= 4 is 22.9 Å². The van der Waals surface area contributed by atoms with Gasteiger partial charge in [-0.05, 0) is 26.7 Å². The Balaban J connectivity index is 3.99. The average Bonchev–Trinajstić information content (AvgIpc) is 2.12. The second-order valence-corrected chi connectivity index (χ2v) is 4.37. The van der Waals surface area contributed by atoms with Crippen LogP contribution in [0.1, 0.15) is 40.5 Å². The van der Waals surface area contributed by atoms with E-state index in [4.69, 9.17) is 0 Å². The molecule has 74 valence electrons. The molecule has 2 atom stereocenters. The molecule has 0 aliphatic rings. The van der Waals surface area contributed by atoms with Crippen molar-refractivity contribution < 1.29 is 0 Å². The van der Waals surface area contributed by atoms with Crippen molar-refractivity contribution in [2.75, 3.05) is 7.05 Å². The fourth-order valence-electron chi connectivity index (χ4n) is 0.914. The summed E-state index contributed by atoms with van der Waals surface area (Å²) in [6.07, 6.45) is 2.40. The smallest absolute Gasteiger partial charge is 0.0372 e. The molecule has 0 radical (unpaired) electrons. The molecule has 12 heavy (non-hydrogen) atoms. The fourth-order valence-corrected chi connectivity index (χ4v) is 1.73. The van der Waals surface area contributed by atoms with Crippen LogP contribution in [0.3, 0.4) is 0 Å². The van der Waals surface area contributed by atoms with Crippen molar-refractivity contribution in [3.05, 3.63) is 0 Å². The van der Waals surface area contributed by atoms with Crippen LogP contribution in [0.15, 0.2) is 0 Å². The molecule has 0 saturated carbocycles. The Morgan fingerprint density at radius 2 is 1.50 bits per heavy atom. The highest BCUT2D eigenvalue weighted by atomic mass is 127. The molecule has 0 N–H and O–H groups in total. The van der Waals surface area contributed by atoms with Crippen LogP contribution < -0.4 is 0 Å². The quantitative estimate of drug-likeness (QED) is 0.435. The van der Waals surface area contributed by atoms with Gasteiger partial charge < -0.3 is 0 Å². The maximum Gasteiger partial charge on any atom is 0.0372 e. The summed E-state index contributed by atoms with van der Waals surface area (Å²) in [7, 11) is 2.16. The van der Waals surface area contributed by atoms with Gasteiger partial charge in [0.2, 0.25) is 0 Å². The Labute approximate surface area is 90.8 Å². The van der Waals surface area contributed by atoms with Crippen LogP contribution in [0.4, 0.5) is 0 Å². The molecule has 0 fully saturated rings. The van der Waals surface area contributed by atoms with Crippen molar-refractivity contribution in [3.8, 4) is 0 Å². The van der Waals surface area contributed by atoms with E-state index in [0.717, 1.165) is 0 Å². The number of rotatable bonds is 5. The predicted octanol–water partition coefficient (Wildman–Crippen LogP) is 3.08. The van der Waals surface area contributed by atoms with Crippen molar-refractivity contribution in [2.45, 2.75) is 52.6 Å². The van der Waals surface area contributed by atoms with Gasteiger partial charge in [0, 0.05) is 42.0 Å². The minimum absolute atomic E-state index is 0.629. The molecule has 0 aliphatic heterocycles. The van der Waals surface area contributed by atoms with Gasteiger partial charge in [-0.15, -0.1) is 0 Å². The summed E-state index contributed by atoms with van der Waals surface area (Å²) in [6.45, 7) is 8.96. The fraction of sp³-hybridized carbons (Fsp3) is 1.00. The van der Waals surface area contributed by atoms with Gasteiger partial charge in [-0.25, -0.2) is 5.01 Å². The summed E-state index contributed by atoms with van der Waals surface area (Å²) in [4.78, 5) is 0. The minimum atomic E-state index is 0.629. The molecule has 0 bridgehead atoms. The molecule has 0 amide bonds. The number of hydrogen-bond acceptors (Lipinski definition) is 2. The molecular weight excluding hydrogens is 263 g/mol. The molecule has 2 unspecified atom stereocenters. The van der Waals surface area contributed by atoms with Crippen LogP contribution in [0.2, 0.25) is 0 Å². The van der Waals surface area contributed by atoms with Crippen LogP contribution in [-0.2, 0) is 0 Å². The first kappa shape index (κ1) is 12.7. The van der Waals surface area contributed by atoms with E-state index in [9.17, 15) is 0 Å². The van der Waals surface area contributed by atoms with Gasteiger partial charge in [-0.3, -0.25) is 0 Å². The molecule has 0 aromatic rings. The van der Waals surface area contributed by atoms with E-state index in [-0.39, 0.29) is 0 Å². The molecule has 0 spiro atoms. The van der Waals surface area contributed by atoms with E-state index in [0.29, 0.717) is 12.1 Å². The first-order chi connectivity index (χ1) is 5.54. The summed E-state index contributed by atoms with van der Waals surface area (Å²) >= 11 is 2.39. The van der Waals surface area contributed by atoms with E-state index < -0.39 is 0 Å². The normalized spacial score (nSPS) is 17.0. The van der Waals surface area contributed by atoms with Gasteiger partial charge in [-0.2, -0.15) is 3.22 Å². The zero-order valence-electron chi connectivity index (χ0n) is 8.84. The van der Waals surface area contributed by atoms with Crippen molar-refractivity contribution in [2.24, 2.45) is 0 Å². The molecular formula is C9H21IN2. The van der Waals surface area contributed by atoms with Gasteiger partial charge in [0.05, 0.1) is 0 Å². The van der Waals surface area contributed by atoms with E-state index in [1.807, 2.05) is 0 Å². The molecule has 0 aromatic carbocycles. The van der Waals surface area contributed by atoms with Gasteiger partial charge >= 0.3 is 0 Å². The highest BCUT2D eigenvalue weighted by Crippen LogP contribution is 2.15. The zero-order valence-corrected chi connectivity index (χ0v) is 11.0. The lowest BCUT2D eigenvalue weighted by atomic mass is 10.2. The van der Waals surface area contributed by atoms with Gasteiger partial charge in [0.1, 0.15) is 0 Å². The molecule has 0 saturated heterocycles. The van der Waals surface area contributed by atoms with Gasteiger partial charge in [0.25, 0.3) is 0 Å². The van der Waals surface area contributed by atoms with Crippen LogP contribution in [0.5, 0.6) is 0 Å². The third-order valence-corrected chi connectivity index (χ3v) is 4.12. The van der Waals surface area contributed by atoms with Crippen LogP contribution >= 0.6 is 22.9 Å². The Morgan fingerprint density at radius 3 is 1.83 bits per heavy atom. The lowest BCUT2D eigenvalue weighted by molar-refractivity contribution is 0.0490. The highest BCUT2D eigenvalue weighted by Gasteiger charge is 2.17. The Hall–Kier alpha value is 0.650. The van der Waals surface area contributed by atoms with E-state index in [1.54, 1.807) is 0 Å². The van der Waals surface area contributed by atoms with Gasteiger partial charge in [-0.1, -0.05) is 13.8 Å². The third-order valence-electron chi connectivity index (χ3n) is 2.48. The predicted molar refractivity (Wildman–Crippen MR) is 63.1 cm³/mol. The number of halogens is 1. The first-order valence-electron chi connectivity index (χ1n) is 4.72. The summed E-state index contributed by atoms with van der Waals surface area (Å²) in [6, 6.07) is 1.26. The van der Waals surface area contributed by atoms with Gasteiger partial charge in [0.15, 0.2) is 0 Å². The first-order valence-corrected chi connectivity index (χ1v) is 5.68. The van der Waals surface area contributed by atoms with Crippen LogP contribution in [0.25, 0.3) is 0 Å². The van der Waals surface area contributed by atoms with Crippen molar-refractivity contribution in [3.63, 3.8) is 0 Å². The van der Waals surface area contributed by atoms with E-state index >= 15 is 0 Å². The molecule has 0 aromatic heterocycles. The molecule has 2 nitrogen and oxygen atoms in total. The lowest BCUT2D eigenvalue weighted by Crippen LogP contribution is -2.42. The molecule has 3 heteroatoms. The maximum atomic E-state index is 2.39. The van der Waals surface area contributed by atoms with Crippen LogP contribution in [0, 0.1) is 0 Å². The summed E-state index contributed by atoms with van der Waals surface area (Å²) in [5.74, 6) is 0. The van der Waals surface area contributed by atoms with E-state index in [2.05, 4.69) is 65.8 Å².